The van der Waals surface area contributed by atoms with Crippen molar-refractivity contribution in [1.29, 1.82) is 0 Å². The molecule has 0 saturated carbocycles. The maximum absolute atomic E-state index is 13.4. The van der Waals surface area contributed by atoms with E-state index in [0.29, 0.717) is 17.1 Å². The minimum Gasteiger partial charge on any atom is -0.353 e. The number of hydrogen-bond acceptors (Lipinski definition) is 4. The van der Waals surface area contributed by atoms with E-state index in [4.69, 9.17) is 11.6 Å². The minimum atomic E-state index is 0.0774. The fourth-order valence-electron chi connectivity index (χ4n) is 4.50. The zero-order valence-electron chi connectivity index (χ0n) is 18.5. The van der Waals surface area contributed by atoms with Gasteiger partial charge in [-0.25, -0.2) is 0 Å². The molecule has 0 amide bonds. The number of ketones is 1. The molecule has 2 aromatic heterocycles. The van der Waals surface area contributed by atoms with Gasteiger partial charge < -0.3 is 20.2 Å². The second-order valence-electron chi connectivity index (χ2n) is 8.72. The number of H-pyrrole nitrogens is 2. The number of carbonyl (C=O) groups excluding carboxylic acids is 1. The minimum absolute atomic E-state index is 0.0774. The Morgan fingerprint density at radius 2 is 1.88 bits per heavy atom. The zero-order valence-corrected chi connectivity index (χ0v) is 20.9. The van der Waals surface area contributed by atoms with E-state index in [1.807, 2.05) is 42.5 Å². The monoisotopic (exact) mass is 527 g/mol. The Balaban J connectivity index is 1.38. The van der Waals surface area contributed by atoms with Gasteiger partial charge in [-0.05, 0) is 43.4 Å². The van der Waals surface area contributed by atoms with Gasteiger partial charge in [-0.1, -0.05) is 33.6 Å². The molecular formula is C25H27BrClN5O. The number of carbonyl (C=O) groups is 1. The number of aromatic nitrogens is 2. The number of fused-ring (bicyclic) bond motifs is 2. The van der Waals surface area contributed by atoms with Crippen molar-refractivity contribution in [3.8, 4) is 11.4 Å². The smallest absolute Gasteiger partial charge is 0.179 e. The topological polar surface area (TPSA) is 67.2 Å². The highest BCUT2D eigenvalue weighted by Crippen LogP contribution is 2.34. The molecule has 0 radical (unpaired) electrons. The molecule has 5 rings (SSSR count). The summed E-state index contributed by atoms with van der Waals surface area (Å²) in [7, 11) is 2.16. The van der Waals surface area contributed by atoms with Crippen LogP contribution >= 0.6 is 27.5 Å². The van der Waals surface area contributed by atoms with Gasteiger partial charge in [0.2, 0.25) is 0 Å². The van der Waals surface area contributed by atoms with E-state index in [9.17, 15) is 4.79 Å². The number of rotatable bonds is 7. The van der Waals surface area contributed by atoms with Crippen molar-refractivity contribution in [2.24, 2.45) is 0 Å². The van der Waals surface area contributed by atoms with Crippen molar-refractivity contribution in [2.45, 2.75) is 0 Å². The van der Waals surface area contributed by atoms with Crippen LogP contribution in [-0.2, 0) is 0 Å². The van der Waals surface area contributed by atoms with Crippen LogP contribution in [0.5, 0.6) is 0 Å². The average Bonchev–Trinajstić information content (AvgIpc) is 3.38. The molecule has 0 atom stereocenters. The van der Waals surface area contributed by atoms with Crippen LogP contribution in [-0.4, -0.2) is 78.4 Å². The number of nitrogens with zero attached hydrogens (tertiary/aromatic N) is 2. The predicted octanol–water partition coefficient (Wildman–Crippen LogP) is 4.75. The molecule has 1 aliphatic heterocycles. The highest BCUT2D eigenvalue weighted by Gasteiger charge is 2.21. The Labute approximate surface area is 206 Å². The molecule has 2 aromatic carbocycles. The van der Waals surface area contributed by atoms with Crippen molar-refractivity contribution in [1.82, 2.24) is 25.1 Å². The van der Waals surface area contributed by atoms with Crippen molar-refractivity contribution in [3.05, 3.63) is 57.5 Å². The van der Waals surface area contributed by atoms with E-state index in [1.165, 1.54) is 0 Å². The summed E-state index contributed by atoms with van der Waals surface area (Å²) in [5.74, 6) is 0.0774. The molecule has 8 heteroatoms. The molecule has 0 aliphatic carbocycles. The van der Waals surface area contributed by atoms with Gasteiger partial charge in [0.15, 0.2) is 5.78 Å². The van der Waals surface area contributed by atoms with Crippen LogP contribution < -0.4 is 5.32 Å². The molecule has 3 N–H and O–H groups in total. The van der Waals surface area contributed by atoms with E-state index in [-0.39, 0.29) is 5.78 Å². The molecule has 172 valence electrons. The first kappa shape index (κ1) is 22.6. The Morgan fingerprint density at radius 1 is 1.06 bits per heavy atom. The van der Waals surface area contributed by atoms with Crippen LogP contribution in [0.2, 0.25) is 5.02 Å². The molecule has 1 fully saturated rings. The van der Waals surface area contributed by atoms with Crippen molar-refractivity contribution < 1.29 is 4.79 Å². The molecule has 1 aliphatic rings. The van der Waals surface area contributed by atoms with Crippen molar-refractivity contribution in [3.63, 3.8) is 0 Å². The summed E-state index contributed by atoms with van der Waals surface area (Å²) in [5.41, 5.74) is 4.30. The molecule has 6 nitrogen and oxygen atoms in total. The van der Waals surface area contributed by atoms with Gasteiger partial charge >= 0.3 is 0 Å². The number of benzene rings is 2. The second kappa shape index (κ2) is 9.60. The third kappa shape index (κ3) is 4.88. The molecule has 0 unspecified atom stereocenters. The van der Waals surface area contributed by atoms with E-state index < -0.39 is 0 Å². The van der Waals surface area contributed by atoms with Crippen LogP contribution in [0.15, 0.2) is 46.9 Å². The summed E-state index contributed by atoms with van der Waals surface area (Å²) in [6.45, 7) is 6.42. The van der Waals surface area contributed by atoms with Gasteiger partial charge in [-0.2, -0.15) is 0 Å². The summed E-state index contributed by atoms with van der Waals surface area (Å²) in [5, 5.41) is 6.00. The van der Waals surface area contributed by atoms with Gasteiger partial charge in [0.1, 0.15) is 0 Å². The first-order valence-corrected chi connectivity index (χ1v) is 12.4. The molecule has 1 saturated heterocycles. The fourth-order valence-corrected chi connectivity index (χ4v) is 5.04. The lowest BCUT2D eigenvalue weighted by molar-refractivity contribution is 0.0990. The lowest BCUT2D eigenvalue weighted by Crippen LogP contribution is -2.46. The Hall–Kier alpha value is -2.16. The summed E-state index contributed by atoms with van der Waals surface area (Å²) in [4.78, 5) is 25.1. The predicted molar refractivity (Wildman–Crippen MR) is 139 cm³/mol. The number of piperazine rings is 1. The standard InChI is InChI=1S/C25H27BrClN5O/c1-31-8-10-32(11-9-31)7-6-28-15-23(33)24-19-4-2-17(26)14-21(19)30-25(24)22-13-16-12-18(27)3-5-20(16)29-22/h2-5,12-14,28-30H,6-11,15H2,1H3. The summed E-state index contributed by atoms with van der Waals surface area (Å²) in [6, 6.07) is 13.8. The maximum Gasteiger partial charge on any atom is 0.179 e. The molecule has 0 bridgehead atoms. The number of hydrogen-bond donors (Lipinski definition) is 3. The van der Waals surface area contributed by atoms with Crippen molar-refractivity contribution >= 4 is 55.1 Å². The number of halogens is 2. The molecule has 4 aromatic rings. The Kier molecular flexibility index (Phi) is 6.58. The van der Waals surface area contributed by atoms with Gasteiger partial charge in [0.25, 0.3) is 0 Å². The molecule has 3 heterocycles. The third-order valence-electron chi connectivity index (χ3n) is 6.38. The lowest BCUT2D eigenvalue weighted by atomic mass is 10.0. The normalized spacial score (nSPS) is 15.6. The zero-order chi connectivity index (χ0) is 22.9. The number of Topliss-reactive ketones (excluding diaryl/α,β-unsaturated/α-hetero) is 1. The first-order chi connectivity index (χ1) is 16.0. The van der Waals surface area contributed by atoms with E-state index in [2.05, 4.69) is 48.1 Å². The average molecular weight is 529 g/mol. The van der Waals surface area contributed by atoms with E-state index in [0.717, 1.165) is 76.9 Å². The summed E-state index contributed by atoms with van der Waals surface area (Å²) in [6.07, 6.45) is 0. The van der Waals surface area contributed by atoms with Gasteiger partial charge in [-0.3, -0.25) is 9.69 Å². The fraction of sp³-hybridized carbons (Fsp3) is 0.320. The Morgan fingerprint density at radius 3 is 2.70 bits per heavy atom. The molecule has 0 spiro atoms. The van der Waals surface area contributed by atoms with Crippen LogP contribution in [0.4, 0.5) is 0 Å². The Bertz CT molecular complexity index is 1310. The van der Waals surface area contributed by atoms with Crippen LogP contribution in [0.3, 0.4) is 0 Å². The second-order valence-corrected chi connectivity index (χ2v) is 10.1. The van der Waals surface area contributed by atoms with Crippen LogP contribution in [0.25, 0.3) is 33.2 Å². The van der Waals surface area contributed by atoms with Gasteiger partial charge in [0.05, 0.1) is 23.5 Å². The number of nitrogens with one attached hydrogen (secondary N) is 3. The van der Waals surface area contributed by atoms with Crippen LogP contribution in [0.1, 0.15) is 10.4 Å². The first-order valence-electron chi connectivity index (χ1n) is 11.2. The molecular weight excluding hydrogens is 502 g/mol. The summed E-state index contributed by atoms with van der Waals surface area (Å²) >= 11 is 9.72. The lowest BCUT2D eigenvalue weighted by Gasteiger charge is -2.32. The van der Waals surface area contributed by atoms with Crippen LogP contribution in [0, 0.1) is 0 Å². The maximum atomic E-state index is 13.4. The number of aromatic amines is 2. The quantitative estimate of drug-likeness (QED) is 0.239. The highest BCUT2D eigenvalue weighted by atomic mass is 79.9. The summed E-state index contributed by atoms with van der Waals surface area (Å²) < 4.78 is 0.968. The van der Waals surface area contributed by atoms with Gasteiger partial charge in [-0.15, -0.1) is 0 Å². The van der Waals surface area contributed by atoms with E-state index in [1.54, 1.807) is 0 Å². The number of likely N-dealkylation sites (N-methyl/N-ethyl adjacent to an activating group) is 1. The largest absolute Gasteiger partial charge is 0.353 e. The molecule has 33 heavy (non-hydrogen) atoms. The SMILES string of the molecule is CN1CCN(CCNCC(=O)c2c(-c3cc4cc(Cl)ccc4[nH]3)[nH]c3cc(Br)ccc23)CC1. The van der Waals surface area contributed by atoms with E-state index >= 15 is 0 Å². The highest BCUT2D eigenvalue weighted by molar-refractivity contribution is 9.10. The third-order valence-corrected chi connectivity index (χ3v) is 7.11. The van der Waals surface area contributed by atoms with Crippen molar-refractivity contribution in [2.75, 3.05) is 52.9 Å². The van der Waals surface area contributed by atoms with Gasteiger partial charge in [0, 0.05) is 70.6 Å².